The predicted molar refractivity (Wildman–Crippen MR) is 51.4 cm³/mol. The van der Waals surface area contributed by atoms with Crippen molar-refractivity contribution < 1.29 is 26.3 Å². The summed E-state index contributed by atoms with van der Waals surface area (Å²) in [4.78, 5) is -0.769. The van der Waals surface area contributed by atoms with Gasteiger partial charge in [0.15, 0.2) is 0 Å². The molecule has 0 amide bonds. The van der Waals surface area contributed by atoms with E-state index in [-0.39, 0.29) is 0 Å². The van der Waals surface area contributed by atoms with Gasteiger partial charge < -0.3 is 0 Å². The van der Waals surface area contributed by atoms with Crippen LogP contribution in [0.3, 0.4) is 0 Å². The van der Waals surface area contributed by atoms with E-state index < -0.39 is 32.8 Å². The maximum Gasteiger partial charge on any atom is 0.418 e. The van der Waals surface area contributed by atoms with E-state index in [1.807, 2.05) is 0 Å². The van der Waals surface area contributed by atoms with Crippen LogP contribution in [0.1, 0.15) is 11.1 Å². The highest BCUT2D eigenvalue weighted by Crippen LogP contribution is 2.42. The normalized spacial score (nSPS) is 13.0. The molecule has 0 radical (unpaired) electrons. The molecule has 0 unspecified atom stereocenters. The summed E-state index contributed by atoms with van der Waals surface area (Å²) >= 11 is 5.87. The van der Waals surface area contributed by atoms with Crippen LogP contribution < -0.4 is 0 Å². The van der Waals surface area contributed by atoms with Gasteiger partial charge in [0.1, 0.15) is 0 Å². The van der Waals surface area contributed by atoms with Gasteiger partial charge in [-0.05, 0) is 12.1 Å². The van der Waals surface area contributed by atoms with Crippen molar-refractivity contribution in [2.45, 2.75) is 17.2 Å². The lowest BCUT2D eigenvalue weighted by molar-refractivity contribution is -0.143. The minimum Gasteiger partial charge on any atom is -0.166 e. The molecular weight excluding hydrogens is 322 g/mol. The second-order valence-corrected chi connectivity index (χ2v) is 4.18. The van der Waals surface area contributed by atoms with Crippen LogP contribution in [0.5, 0.6) is 0 Å². The molecular formula is C8H3BrF6S. The number of rotatable bonds is 0. The van der Waals surface area contributed by atoms with Crippen molar-refractivity contribution in [1.29, 1.82) is 0 Å². The Bertz CT molecular complexity index is 385. The summed E-state index contributed by atoms with van der Waals surface area (Å²) in [5.41, 5.74) is -2.40. The fraction of sp³-hybridized carbons (Fsp3) is 0.250. The van der Waals surface area contributed by atoms with Crippen LogP contribution >= 0.6 is 28.6 Å². The highest BCUT2D eigenvalue weighted by atomic mass is 79.9. The number of alkyl halides is 6. The zero-order chi connectivity index (χ0) is 12.7. The smallest absolute Gasteiger partial charge is 0.166 e. The van der Waals surface area contributed by atoms with Crippen molar-refractivity contribution >= 4 is 28.6 Å². The van der Waals surface area contributed by atoms with E-state index in [0.717, 1.165) is 0 Å². The Hall–Kier alpha value is -0.370. The summed E-state index contributed by atoms with van der Waals surface area (Å²) in [6.07, 6.45) is -9.45. The van der Waals surface area contributed by atoms with E-state index in [2.05, 4.69) is 28.6 Å². The monoisotopic (exact) mass is 324 g/mol. The predicted octanol–water partition coefficient (Wildman–Crippen LogP) is 4.78. The average molecular weight is 325 g/mol. The van der Waals surface area contributed by atoms with Crippen LogP contribution in [0.2, 0.25) is 0 Å². The molecule has 0 N–H and O–H groups in total. The number of hydrogen-bond donors (Lipinski definition) is 1. The summed E-state index contributed by atoms with van der Waals surface area (Å²) in [5.74, 6) is 0. The van der Waals surface area contributed by atoms with Crippen LogP contribution in [-0.2, 0) is 12.4 Å². The average Bonchev–Trinajstić information content (AvgIpc) is 1.97. The minimum atomic E-state index is -4.75. The van der Waals surface area contributed by atoms with Gasteiger partial charge in [-0.2, -0.15) is 26.3 Å². The van der Waals surface area contributed by atoms with E-state index in [4.69, 9.17) is 0 Å². The van der Waals surface area contributed by atoms with Crippen LogP contribution in [-0.4, -0.2) is 0 Å². The molecule has 1 rings (SSSR count). The first-order valence-corrected chi connectivity index (χ1v) is 4.94. The standard InChI is InChI=1S/C8H3BrF6S/c9-4-1-3(7(10,11)12)2-5(16)6(4)8(13,14)15/h1-2,16H. The molecule has 0 saturated heterocycles. The Balaban J connectivity index is 3.41. The Labute approximate surface area is 100 Å². The van der Waals surface area contributed by atoms with Gasteiger partial charge >= 0.3 is 12.4 Å². The van der Waals surface area contributed by atoms with Crippen molar-refractivity contribution in [3.8, 4) is 0 Å². The Morgan fingerprint density at radius 1 is 0.938 bits per heavy atom. The molecule has 0 saturated carbocycles. The Morgan fingerprint density at radius 2 is 1.44 bits per heavy atom. The SMILES string of the molecule is FC(F)(F)c1cc(S)c(C(F)(F)F)c(Br)c1. The third kappa shape index (κ3) is 2.85. The molecule has 8 heteroatoms. The van der Waals surface area contributed by atoms with Gasteiger partial charge in [0.2, 0.25) is 0 Å². The zero-order valence-corrected chi connectivity index (χ0v) is 9.73. The number of halogens is 7. The lowest BCUT2D eigenvalue weighted by Crippen LogP contribution is -2.11. The third-order valence-corrected chi connectivity index (χ3v) is 2.66. The van der Waals surface area contributed by atoms with E-state index >= 15 is 0 Å². The van der Waals surface area contributed by atoms with Crippen molar-refractivity contribution in [3.63, 3.8) is 0 Å². The molecule has 90 valence electrons. The molecule has 0 aliphatic heterocycles. The molecule has 0 bridgehead atoms. The number of benzene rings is 1. The summed E-state index contributed by atoms with van der Waals surface area (Å²) in [6, 6.07) is 0.721. The largest absolute Gasteiger partial charge is 0.418 e. The van der Waals surface area contributed by atoms with Gasteiger partial charge in [0, 0.05) is 9.37 Å². The first-order chi connectivity index (χ1) is 7.03. The molecule has 0 aromatic heterocycles. The molecule has 0 heterocycles. The topological polar surface area (TPSA) is 0 Å². The van der Waals surface area contributed by atoms with Gasteiger partial charge in [0.25, 0.3) is 0 Å². The minimum absolute atomic E-state index is 0.344. The summed E-state index contributed by atoms with van der Waals surface area (Å²) in [7, 11) is 0. The van der Waals surface area contributed by atoms with Crippen molar-refractivity contribution in [3.05, 3.63) is 27.7 Å². The van der Waals surface area contributed by atoms with E-state index in [1.54, 1.807) is 0 Å². The summed E-state index contributed by atoms with van der Waals surface area (Å²) < 4.78 is 73.2. The molecule has 1 aromatic rings. The van der Waals surface area contributed by atoms with Gasteiger partial charge in [-0.1, -0.05) is 15.9 Å². The zero-order valence-electron chi connectivity index (χ0n) is 7.25. The fourth-order valence-corrected chi connectivity index (χ4v) is 2.26. The van der Waals surface area contributed by atoms with Crippen molar-refractivity contribution in [1.82, 2.24) is 0 Å². The van der Waals surface area contributed by atoms with Crippen LogP contribution in [0.4, 0.5) is 26.3 Å². The summed E-state index contributed by atoms with van der Waals surface area (Å²) in [5, 5.41) is 0. The van der Waals surface area contributed by atoms with Gasteiger partial charge in [-0.3, -0.25) is 0 Å². The maximum atomic E-state index is 12.4. The fourth-order valence-electron chi connectivity index (χ4n) is 1.04. The van der Waals surface area contributed by atoms with Gasteiger partial charge in [-0.15, -0.1) is 12.6 Å². The number of hydrogen-bond acceptors (Lipinski definition) is 1. The van der Waals surface area contributed by atoms with Crippen molar-refractivity contribution in [2.75, 3.05) is 0 Å². The maximum absolute atomic E-state index is 12.4. The van der Waals surface area contributed by atoms with Crippen molar-refractivity contribution in [2.24, 2.45) is 0 Å². The van der Waals surface area contributed by atoms with Gasteiger partial charge in [0.05, 0.1) is 11.1 Å². The van der Waals surface area contributed by atoms with Crippen LogP contribution in [0, 0.1) is 0 Å². The summed E-state index contributed by atoms with van der Waals surface area (Å²) in [6.45, 7) is 0. The molecule has 0 spiro atoms. The molecule has 0 atom stereocenters. The third-order valence-electron chi connectivity index (χ3n) is 1.68. The van der Waals surface area contributed by atoms with Gasteiger partial charge in [-0.25, -0.2) is 0 Å². The molecule has 0 aliphatic rings. The first kappa shape index (κ1) is 13.7. The first-order valence-electron chi connectivity index (χ1n) is 3.70. The number of thiol groups is 1. The highest BCUT2D eigenvalue weighted by Gasteiger charge is 2.38. The van der Waals surface area contributed by atoms with E-state index in [9.17, 15) is 26.3 Å². The van der Waals surface area contributed by atoms with E-state index in [0.29, 0.717) is 12.1 Å². The molecule has 1 aromatic carbocycles. The van der Waals surface area contributed by atoms with Crippen LogP contribution in [0.25, 0.3) is 0 Å². The Kier molecular flexibility index (Phi) is 3.54. The van der Waals surface area contributed by atoms with Crippen LogP contribution in [0.15, 0.2) is 21.5 Å². The quantitative estimate of drug-likeness (QED) is 0.515. The second kappa shape index (κ2) is 4.14. The Morgan fingerprint density at radius 3 is 1.75 bits per heavy atom. The lowest BCUT2D eigenvalue weighted by Gasteiger charge is -2.14. The second-order valence-electron chi connectivity index (χ2n) is 2.85. The van der Waals surface area contributed by atoms with E-state index in [1.165, 1.54) is 0 Å². The lowest BCUT2D eigenvalue weighted by atomic mass is 10.1. The molecule has 0 fully saturated rings. The molecule has 16 heavy (non-hydrogen) atoms. The molecule has 0 aliphatic carbocycles. The highest BCUT2D eigenvalue weighted by molar-refractivity contribution is 9.10. The molecule has 0 nitrogen and oxygen atoms in total.